The van der Waals surface area contributed by atoms with E-state index in [1.165, 1.54) is 153 Å². The molecule has 81 heavy (non-hydrogen) atoms. The molecule has 0 fully saturated rings. The number of nitrogens with zero attached hydrogens (tertiary/aromatic N) is 2. The molecule has 17 rings (SSSR count). The van der Waals surface area contributed by atoms with Crippen LogP contribution in [0.4, 0.5) is 17.1 Å². The molecule has 1 aliphatic carbocycles. The van der Waals surface area contributed by atoms with Gasteiger partial charge in [-0.1, -0.05) is 239 Å². The average Bonchev–Trinajstić information content (AvgIpc) is 2.35. The molecule has 380 valence electrons. The second-order valence-corrected chi connectivity index (χ2v) is 24.5. The minimum atomic E-state index is -0.606. The van der Waals surface area contributed by atoms with Gasteiger partial charge in [0.15, 0.2) is 0 Å². The zero-order valence-corrected chi connectivity index (χ0v) is 46.1. The monoisotopic (exact) mass is 1050 g/mol. The summed E-state index contributed by atoms with van der Waals surface area (Å²) in [5.74, 6) is 0. The fourth-order valence-electron chi connectivity index (χ4n) is 14.7. The molecule has 0 N–H and O–H groups in total. The van der Waals surface area contributed by atoms with E-state index in [4.69, 9.17) is 0 Å². The second kappa shape index (κ2) is 17.3. The van der Waals surface area contributed by atoms with Crippen molar-refractivity contribution in [3.63, 3.8) is 0 Å². The van der Waals surface area contributed by atoms with Gasteiger partial charge in [-0.2, -0.15) is 0 Å². The molecule has 2 nitrogen and oxygen atoms in total. The van der Waals surface area contributed by atoms with Crippen LogP contribution < -0.4 is 21.3 Å². The molecule has 0 atom stereocenters. The van der Waals surface area contributed by atoms with Crippen molar-refractivity contribution < 1.29 is 0 Å². The Bertz CT molecular complexity index is 4800. The van der Waals surface area contributed by atoms with Gasteiger partial charge >= 0.3 is 0 Å². The molecule has 0 spiro atoms. The molecule has 4 heterocycles. The van der Waals surface area contributed by atoms with Crippen molar-refractivity contribution >= 4 is 93.5 Å². The zero-order chi connectivity index (χ0) is 53.7. The molecule has 14 aromatic rings. The molecule has 0 radical (unpaired) electrons. The van der Waals surface area contributed by atoms with Crippen LogP contribution in [-0.4, -0.2) is 11.3 Å². The molecule has 0 saturated heterocycles. The largest absolute Gasteiger partial charge is 0.310 e. The third kappa shape index (κ3) is 6.51. The lowest BCUT2D eigenvalue weighted by atomic mass is 9.33. The summed E-state index contributed by atoms with van der Waals surface area (Å²) in [7, 11) is 0. The Balaban J connectivity index is 1.10. The molecule has 4 heteroatoms. The van der Waals surface area contributed by atoms with Crippen LogP contribution in [0, 0.1) is 0 Å². The molecular formula is C77H53BN2S. The van der Waals surface area contributed by atoms with E-state index >= 15 is 0 Å². The fourth-order valence-corrected chi connectivity index (χ4v) is 15.8. The molecule has 3 aliphatic rings. The minimum absolute atomic E-state index is 0.135. The Kier molecular flexibility index (Phi) is 9.90. The van der Waals surface area contributed by atoms with E-state index in [9.17, 15) is 0 Å². The van der Waals surface area contributed by atoms with Crippen molar-refractivity contribution in [2.75, 3.05) is 4.90 Å². The summed E-state index contributed by atoms with van der Waals surface area (Å²) in [5.41, 5.74) is 26.8. The van der Waals surface area contributed by atoms with Crippen LogP contribution in [0.3, 0.4) is 0 Å². The lowest BCUT2D eigenvalue weighted by molar-refractivity contribution is 0.591. The molecule has 2 aromatic heterocycles. The lowest BCUT2D eigenvalue weighted by Crippen LogP contribution is -2.60. The predicted molar refractivity (Wildman–Crippen MR) is 345 cm³/mol. The molecule has 0 unspecified atom stereocenters. The van der Waals surface area contributed by atoms with Crippen LogP contribution in [-0.2, 0) is 10.8 Å². The summed E-state index contributed by atoms with van der Waals surface area (Å²) >= 11 is 1.92. The van der Waals surface area contributed by atoms with Gasteiger partial charge in [0.1, 0.15) is 0 Å². The van der Waals surface area contributed by atoms with E-state index in [2.05, 4.69) is 297 Å². The summed E-state index contributed by atoms with van der Waals surface area (Å²) in [6.45, 7) is 6.91. The number of thiophene rings is 1. The van der Waals surface area contributed by atoms with Crippen LogP contribution in [0.25, 0.3) is 92.2 Å². The normalized spacial score (nSPS) is 13.7. The van der Waals surface area contributed by atoms with Gasteiger partial charge in [-0.3, -0.25) is 0 Å². The number of anilines is 3. The van der Waals surface area contributed by atoms with Crippen molar-refractivity contribution in [1.82, 2.24) is 4.57 Å². The van der Waals surface area contributed by atoms with E-state index in [0.29, 0.717) is 0 Å². The van der Waals surface area contributed by atoms with Crippen molar-refractivity contribution in [3.8, 4) is 50.2 Å². The summed E-state index contributed by atoms with van der Waals surface area (Å²) in [5, 5.41) is 5.15. The Morgan fingerprint density at radius 1 is 0.407 bits per heavy atom. The Morgan fingerprint density at radius 3 is 1.62 bits per heavy atom. The molecular weight excluding hydrogens is 996 g/mol. The highest BCUT2D eigenvalue weighted by atomic mass is 32.1. The van der Waals surface area contributed by atoms with Crippen molar-refractivity contribution in [2.24, 2.45) is 0 Å². The van der Waals surface area contributed by atoms with E-state index in [1.54, 1.807) is 0 Å². The van der Waals surface area contributed by atoms with Crippen molar-refractivity contribution in [2.45, 2.75) is 31.6 Å². The Morgan fingerprint density at radius 2 is 0.963 bits per heavy atom. The minimum Gasteiger partial charge on any atom is -0.310 e. The first kappa shape index (κ1) is 46.4. The topological polar surface area (TPSA) is 8.17 Å². The van der Waals surface area contributed by atoms with Crippen LogP contribution >= 0.6 is 11.3 Å². The van der Waals surface area contributed by atoms with Crippen LogP contribution in [0.5, 0.6) is 0 Å². The maximum atomic E-state index is 2.72. The number of rotatable bonds is 6. The van der Waals surface area contributed by atoms with Crippen LogP contribution in [0.2, 0.25) is 0 Å². The van der Waals surface area contributed by atoms with Crippen molar-refractivity contribution in [1.29, 1.82) is 0 Å². The summed E-state index contributed by atoms with van der Waals surface area (Å²) < 4.78 is 5.28. The van der Waals surface area contributed by atoms with Crippen LogP contribution in [0.1, 0.15) is 48.6 Å². The predicted octanol–water partition coefficient (Wildman–Crippen LogP) is 18.4. The molecule has 0 saturated carbocycles. The maximum Gasteiger partial charge on any atom is 0.252 e. The third-order valence-electron chi connectivity index (χ3n) is 18.2. The lowest BCUT2D eigenvalue weighted by Gasteiger charge is -2.43. The summed E-state index contributed by atoms with van der Waals surface area (Å²) in [4.78, 5) is 2.72. The molecule has 2 aliphatic heterocycles. The summed E-state index contributed by atoms with van der Waals surface area (Å²) in [6, 6.07) is 102. The van der Waals surface area contributed by atoms with Gasteiger partial charge in [-0.25, -0.2) is 0 Å². The molecule has 0 amide bonds. The van der Waals surface area contributed by atoms with Crippen LogP contribution in [0.15, 0.2) is 267 Å². The number of hydrogen-bond donors (Lipinski definition) is 0. The van der Waals surface area contributed by atoms with Gasteiger partial charge in [-0.05, 0) is 132 Å². The van der Waals surface area contributed by atoms with Gasteiger partial charge in [0.05, 0.1) is 22.1 Å². The number of para-hydroxylation sites is 1. The van der Waals surface area contributed by atoms with Gasteiger partial charge in [0, 0.05) is 59.1 Å². The maximum absolute atomic E-state index is 2.72. The number of fused-ring (bicyclic) bond motifs is 14. The van der Waals surface area contributed by atoms with E-state index < -0.39 is 5.41 Å². The first-order valence-corrected chi connectivity index (χ1v) is 29.3. The average molecular weight is 1050 g/mol. The van der Waals surface area contributed by atoms with E-state index in [1.807, 2.05) is 11.3 Å². The van der Waals surface area contributed by atoms with Gasteiger partial charge in [0.25, 0.3) is 6.71 Å². The SMILES string of the molecule is CC(C)(C)c1cc(-c2ccccc2)c(N2c3cc4c(cc3B3c5c2cc(-c2ccccc2)cc5-n2c5ccccc5c5c6c(cc3c52)C(c2ccccc2)(c2ccccc2)c2ccccc2-6)sc2ccccc24)c(-c2ccccc2)c1. The van der Waals surface area contributed by atoms with Gasteiger partial charge < -0.3 is 9.47 Å². The van der Waals surface area contributed by atoms with Gasteiger partial charge in [-0.15, -0.1) is 11.3 Å². The number of hydrogen-bond acceptors (Lipinski definition) is 2. The number of benzene rings is 12. The highest BCUT2D eigenvalue weighted by Gasteiger charge is 2.51. The highest BCUT2D eigenvalue weighted by Crippen LogP contribution is 2.60. The molecule has 0 bridgehead atoms. The van der Waals surface area contributed by atoms with Crippen molar-refractivity contribution in [3.05, 3.63) is 295 Å². The summed E-state index contributed by atoms with van der Waals surface area (Å²) in [6.07, 6.45) is 0. The highest BCUT2D eigenvalue weighted by molar-refractivity contribution is 7.26. The zero-order valence-electron chi connectivity index (χ0n) is 45.3. The van der Waals surface area contributed by atoms with E-state index in [0.717, 1.165) is 0 Å². The molecule has 12 aromatic carbocycles. The first-order valence-electron chi connectivity index (χ1n) is 28.4. The Hall–Kier alpha value is -9.48. The standard InChI is InChI=1S/C77H53BN2S/c1-76(2,3)54-43-58(49-27-11-5-12-28-49)74(59(44-54)50-29-13-6-14-30-50)80-66-45-60-55-35-21-24-40-69(55)81-70(60)47-63(66)78-64-46-62-71(56-36-19-22-38-61(56)77(62,52-31-15-7-16-32-52)53-33-17-8-18-34-53)72-57-37-20-23-39-65(57)79(75(64)72)67-41-51(42-68(80)73(67)78)48-25-9-4-10-26-48/h4-47H,1-3H3. The quantitative estimate of drug-likeness (QED) is 0.151. The number of aromatic nitrogens is 1. The fraction of sp³-hybridized carbons (Fsp3) is 0.0649. The first-order chi connectivity index (χ1) is 39.8. The Labute approximate surface area is 476 Å². The third-order valence-corrected chi connectivity index (χ3v) is 19.3. The van der Waals surface area contributed by atoms with E-state index in [-0.39, 0.29) is 12.1 Å². The van der Waals surface area contributed by atoms with Gasteiger partial charge in [0.2, 0.25) is 0 Å². The smallest absolute Gasteiger partial charge is 0.252 e. The second-order valence-electron chi connectivity index (χ2n) is 23.5.